The van der Waals surface area contributed by atoms with Crippen LogP contribution in [0.1, 0.15) is 30.5 Å². The number of nitrogens with zero attached hydrogens (tertiary/aromatic N) is 3. The largest absolute Gasteiger partial charge is 0.368 e. The zero-order valence-electron chi connectivity index (χ0n) is 15.2. The molecule has 5 heteroatoms. The summed E-state index contributed by atoms with van der Waals surface area (Å²) in [4.78, 5) is 6.28. The highest BCUT2D eigenvalue weighted by molar-refractivity contribution is 5.85. The van der Waals surface area contributed by atoms with Crippen LogP contribution >= 0.6 is 0 Å². The molecule has 0 atom stereocenters. The molecule has 0 saturated carbocycles. The van der Waals surface area contributed by atoms with E-state index in [0.717, 1.165) is 58.5 Å². The summed E-state index contributed by atoms with van der Waals surface area (Å²) in [6.45, 7) is 5.18. The molecule has 5 nitrogen and oxygen atoms in total. The number of aryl methyl sites for hydroxylation is 1. The van der Waals surface area contributed by atoms with E-state index in [4.69, 9.17) is 4.74 Å². The van der Waals surface area contributed by atoms with Gasteiger partial charge >= 0.3 is 0 Å². The van der Waals surface area contributed by atoms with Crippen molar-refractivity contribution in [3.05, 3.63) is 54.0 Å². The second kappa shape index (κ2) is 6.56. The van der Waals surface area contributed by atoms with Gasteiger partial charge in [-0.3, -0.25) is 4.68 Å². The molecule has 5 rings (SSSR count). The number of aromatic amines is 1. The lowest BCUT2D eigenvalue weighted by molar-refractivity contribution is -0.100. The first-order valence-corrected chi connectivity index (χ1v) is 9.78. The predicted octanol–water partition coefficient (Wildman–Crippen LogP) is 3.32. The molecule has 2 aromatic heterocycles. The fourth-order valence-electron chi connectivity index (χ4n) is 4.69. The van der Waals surface area contributed by atoms with Gasteiger partial charge in [0.15, 0.2) is 0 Å². The third-order valence-corrected chi connectivity index (χ3v) is 6.08. The number of ether oxygens (including phenoxy) is 1. The van der Waals surface area contributed by atoms with E-state index >= 15 is 0 Å². The van der Waals surface area contributed by atoms with Crippen LogP contribution in [-0.4, -0.2) is 45.9 Å². The number of fused-ring (bicyclic) bond motifs is 4. The minimum absolute atomic E-state index is 0.106. The zero-order chi connectivity index (χ0) is 17.4. The molecule has 1 fully saturated rings. The highest BCUT2D eigenvalue weighted by Crippen LogP contribution is 2.43. The zero-order valence-corrected chi connectivity index (χ0v) is 15.2. The topological polar surface area (TPSA) is 46.1 Å². The van der Waals surface area contributed by atoms with Gasteiger partial charge < -0.3 is 14.6 Å². The van der Waals surface area contributed by atoms with Gasteiger partial charge in [-0.1, -0.05) is 18.2 Å². The number of piperidine rings is 1. The van der Waals surface area contributed by atoms with Crippen molar-refractivity contribution in [2.75, 3.05) is 26.2 Å². The lowest BCUT2D eigenvalue weighted by Crippen LogP contribution is -2.47. The third-order valence-electron chi connectivity index (χ3n) is 6.08. The Hall–Kier alpha value is -2.11. The third kappa shape index (κ3) is 2.75. The first kappa shape index (κ1) is 16.1. The molecule has 0 radical (unpaired) electrons. The summed E-state index contributed by atoms with van der Waals surface area (Å²) < 4.78 is 8.42. The lowest BCUT2D eigenvalue weighted by Gasteiger charge is -2.43. The van der Waals surface area contributed by atoms with Crippen molar-refractivity contribution in [1.29, 1.82) is 0 Å². The van der Waals surface area contributed by atoms with E-state index in [1.165, 1.54) is 22.2 Å². The van der Waals surface area contributed by atoms with Crippen molar-refractivity contribution in [3.63, 3.8) is 0 Å². The van der Waals surface area contributed by atoms with Crippen molar-refractivity contribution in [1.82, 2.24) is 19.7 Å². The van der Waals surface area contributed by atoms with Gasteiger partial charge in [0, 0.05) is 42.9 Å². The van der Waals surface area contributed by atoms with Crippen LogP contribution in [-0.2, 0) is 23.3 Å². The number of para-hydroxylation sites is 1. The Morgan fingerprint density at radius 2 is 2.00 bits per heavy atom. The molecular weight excluding hydrogens is 324 g/mol. The highest BCUT2D eigenvalue weighted by Gasteiger charge is 2.42. The van der Waals surface area contributed by atoms with Crippen LogP contribution in [0.3, 0.4) is 0 Å². The molecule has 0 amide bonds. The van der Waals surface area contributed by atoms with Crippen LogP contribution in [0.2, 0.25) is 0 Å². The number of H-pyrrole nitrogens is 1. The van der Waals surface area contributed by atoms with Crippen LogP contribution in [0.15, 0.2) is 42.7 Å². The fraction of sp³-hybridized carbons (Fsp3) is 0.476. The van der Waals surface area contributed by atoms with Crippen molar-refractivity contribution in [2.45, 2.75) is 37.8 Å². The first-order chi connectivity index (χ1) is 12.8. The Balaban J connectivity index is 1.28. The molecule has 1 saturated heterocycles. The van der Waals surface area contributed by atoms with E-state index in [2.05, 4.69) is 39.2 Å². The average Bonchev–Trinajstić information content (AvgIpc) is 3.32. The van der Waals surface area contributed by atoms with E-state index in [1.54, 1.807) is 0 Å². The molecule has 1 N–H and O–H groups in total. The van der Waals surface area contributed by atoms with Crippen molar-refractivity contribution >= 4 is 10.9 Å². The molecule has 0 bridgehead atoms. The molecular formula is C21H26N4O. The molecule has 0 unspecified atom stereocenters. The predicted molar refractivity (Wildman–Crippen MR) is 102 cm³/mol. The average molecular weight is 350 g/mol. The normalized spacial score (nSPS) is 19.8. The Morgan fingerprint density at radius 3 is 2.85 bits per heavy atom. The maximum Gasteiger partial charge on any atom is 0.110 e. The van der Waals surface area contributed by atoms with E-state index < -0.39 is 0 Å². The Bertz CT molecular complexity index is 875. The molecule has 1 aromatic carbocycles. The standard InChI is InChI=1S/C21H26N4O/c1-2-6-19-17(5-1)18-7-16-26-21(20(18)23-19)8-14-24(15-9-21)11-4-13-25-12-3-10-22-25/h1-3,5-6,10,12,23H,4,7-9,11,13-16H2. The van der Waals surface area contributed by atoms with E-state index in [9.17, 15) is 0 Å². The van der Waals surface area contributed by atoms with Gasteiger partial charge in [0.1, 0.15) is 5.60 Å². The van der Waals surface area contributed by atoms with Crippen molar-refractivity contribution in [3.8, 4) is 0 Å². The number of hydrogen-bond donors (Lipinski definition) is 1. The summed E-state index contributed by atoms with van der Waals surface area (Å²) in [5.74, 6) is 0. The monoisotopic (exact) mass is 350 g/mol. The molecule has 1 spiro atoms. The van der Waals surface area contributed by atoms with Gasteiger partial charge in [-0.05, 0) is 49.9 Å². The maximum absolute atomic E-state index is 6.40. The first-order valence-electron chi connectivity index (χ1n) is 9.78. The number of benzene rings is 1. The number of aromatic nitrogens is 3. The summed E-state index contributed by atoms with van der Waals surface area (Å²) in [5, 5.41) is 5.67. The quantitative estimate of drug-likeness (QED) is 0.785. The summed E-state index contributed by atoms with van der Waals surface area (Å²) in [7, 11) is 0. The molecule has 3 aromatic rings. The summed E-state index contributed by atoms with van der Waals surface area (Å²) in [5.41, 5.74) is 3.98. The van der Waals surface area contributed by atoms with Gasteiger partial charge in [0.2, 0.25) is 0 Å². The van der Waals surface area contributed by atoms with Crippen LogP contribution < -0.4 is 0 Å². The lowest BCUT2D eigenvalue weighted by atomic mass is 9.83. The van der Waals surface area contributed by atoms with Crippen LogP contribution in [0.5, 0.6) is 0 Å². The van der Waals surface area contributed by atoms with Crippen LogP contribution in [0.4, 0.5) is 0 Å². The Kier molecular flexibility index (Phi) is 4.06. The van der Waals surface area contributed by atoms with Gasteiger partial charge in [-0.15, -0.1) is 0 Å². The molecule has 26 heavy (non-hydrogen) atoms. The molecule has 2 aliphatic rings. The summed E-state index contributed by atoms with van der Waals surface area (Å²) in [6, 6.07) is 10.7. The van der Waals surface area contributed by atoms with Gasteiger partial charge in [0.25, 0.3) is 0 Å². The van der Waals surface area contributed by atoms with E-state index in [0.29, 0.717) is 0 Å². The number of rotatable bonds is 4. The fourth-order valence-corrected chi connectivity index (χ4v) is 4.69. The van der Waals surface area contributed by atoms with Crippen molar-refractivity contribution < 1.29 is 4.74 Å². The van der Waals surface area contributed by atoms with Crippen LogP contribution in [0.25, 0.3) is 10.9 Å². The minimum atomic E-state index is -0.106. The minimum Gasteiger partial charge on any atom is -0.368 e. The number of hydrogen-bond acceptors (Lipinski definition) is 3. The van der Waals surface area contributed by atoms with Gasteiger partial charge in [-0.25, -0.2) is 0 Å². The highest BCUT2D eigenvalue weighted by atomic mass is 16.5. The van der Waals surface area contributed by atoms with Crippen molar-refractivity contribution in [2.24, 2.45) is 0 Å². The van der Waals surface area contributed by atoms with Crippen LogP contribution in [0, 0.1) is 0 Å². The summed E-state index contributed by atoms with van der Waals surface area (Å²) in [6.07, 6.45) is 8.21. The van der Waals surface area contributed by atoms with E-state index in [-0.39, 0.29) is 5.60 Å². The van der Waals surface area contributed by atoms with Gasteiger partial charge in [0.05, 0.1) is 12.3 Å². The molecule has 4 heterocycles. The number of likely N-dealkylation sites (tertiary alicyclic amines) is 1. The molecule has 2 aliphatic heterocycles. The summed E-state index contributed by atoms with van der Waals surface area (Å²) >= 11 is 0. The SMILES string of the molecule is c1ccc2c3c([nH]c2c1)C1(CCN(CCCn2cccn2)CC1)OCC3. The second-order valence-electron chi connectivity index (χ2n) is 7.58. The Labute approximate surface area is 153 Å². The maximum atomic E-state index is 6.40. The Morgan fingerprint density at radius 1 is 1.12 bits per heavy atom. The molecule has 136 valence electrons. The van der Waals surface area contributed by atoms with E-state index in [1.807, 2.05) is 23.1 Å². The second-order valence-corrected chi connectivity index (χ2v) is 7.58. The number of nitrogens with one attached hydrogen (secondary N) is 1. The smallest absolute Gasteiger partial charge is 0.110 e. The van der Waals surface area contributed by atoms with Gasteiger partial charge in [-0.2, -0.15) is 5.10 Å². The molecule has 0 aliphatic carbocycles.